The second kappa shape index (κ2) is 4.37. The predicted octanol–water partition coefficient (Wildman–Crippen LogP) is 2.58. The maximum Gasteiger partial charge on any atom is 0.287 e. The summed E-state index contributed by atoms with van der Waals surface area (Å²) in [5.74, 6) is -0.181. The van der Waals surface area contributed by atoms with Crippen LogP contribution < -0.4 is 0 Å². The largest absolute Gasteiger partial charge is 0.287 e. The van der Waals surface area contributed by atoms with Gasteiger partial charge in [-0.3, -0.25) is 9.63 Å². The summed E-state index contributed by atoms with van der Waals surface area (Å²) in [6.45, 7) is 0. The number of thiophene rings is 1. The van der Waals surface area contributed by atoms with Gasteiger partial charge in [-0.05, 0) is 17.5 Å². The second-order valence-corrected chi connectivity index (χ2v) is 4.61. The van der Waals surface area contributed by atoms with Crippen LogP contribution in [0.3, 0.4) is 0 Å². The molecule has 0 fully saturated rings. The van der Waals surface area contributed by atoms with Crippen molar-refractivity contribution in [1.29, 1.82) is 0 Å². The molecule has 6 heteroatoms. The van der Waals surface area contributed by atoms with Crippen LogP contribution in [0.4, 0.5) is 0 Å². The zero-order valence-corrected chi connectivity index (χ0v) is 10.3. The number of hydroxylamine groups is 2. The molecule has 0 N–H and O–H groups in total. The van der Waals surface area contributed by atoms with Crippen molar-refractivity contribution >= 4 is 38.9 Å². The zero-order chi connectivity index (χ0) is 11.7. The summed E-state index contributed by atoms with van der Waals surface area (Å²) in [5.41, 5.74) is 0. The monoisotopic (exact) mass is 256 g/mol. The van der Waals surface area contributed by atoms with E-state index in [9.17, 15) is 4.79 Å². The zero-order valence-electron chi connectivity index (χ0n) is 8.73. The number of pyridine rings is 1. The number of carbonyl (C=O) groups is 1. The van der Waals surface area contributed by atoms with E-state index in [1.807, 2.05) is 0 Å². The lowest BCUT2D eigenvalue weighted by Gasteiger charge is -2.11. The number of fused-ring (bicyclic) bond motifs is 1. The van der Waals surface area contributed by atoms with Gasteiger partial charge in [-0.25, -0.2) is 10.0 Å². The Morgan fingerprint density at radius 2 is 2.31 bits per heavy atom. The van der Waals surface area contributed by atoms with E-state index in [1.165, 1.54) is 23.5 Å². The first-order valence-electron chi connectivity index (χ1n) is 4.49. The minimum absolute atomic E-state index is 0.181. The highest BCUT2D eigenvalue weighted by molar-refractivity contribution is 7.20. The number of hydrogen-bond acceptors (Lipinski definition) is 4. The van der Waals surface area contributed by atoms with Crippen molar-refractivity contribution in [3.8, 4) is 0 Å². The summed E-state index contributed by atoms with van der Waals surface area (Å²) >= 11 is 7.14. The van der Waals surface area contributed by atoms with Crippen molar-refractivity contribution < 1.29 is 9.63 Å². The fourth-order valence-electron chi connectivity index (χ4n) is 1.26. The number of hydrogen-bond donors (Lipinski definition) is 0. The molecular formula is C10H9ClN2O2S. The predicted molar refractivity (Wildman–Crippen MR) is 63.7 cm³/mol. The Hall–Kier alpha value is -1.17. The van der Waals surface area contributed by atoms with Gasteiger partial charge in [-0.1, -0.05) is 11.6 Å². The Kier molecular flexibility index (Phi) is 3.09. The van der Waals surface area contributed by atoms with Crippen molar-refractivity contribution in [2.24, 2.45) is 0 Å². The molecule has 0 saturated carbocycles. The van der Waals surface area contributed by atoms with E-state index in [2.05, 4.69) is 4.98 Å². The van der Waals surface area contributed by atoms with Crippen LogP contribution in [0.15, 0.2) is 18.3 Å². The Bertz CT molecular complexity index is 541. The highest BCUT2D eigenvalue weighted by Crippen LogP contribution is 2.27. The highest BCUT2D eigenvalue weighted by atomic mass is 35.5. The van der Waals surface area contributed by atoms with Gasteiger partial charge in [0.05, 0.1) is 16.7 Å². The molecule has 16 heavy (non-hydrogen) atoms. The normalized spacial score (nSPS) is 10.7. The van der Waals surface area contributed by atoms with Gasteiger partial charge in [0.15, 0.2) is 0 Å². The summed E-state index contributed by atoms with van der Waals surface area (Å²) in [7, 11) is 3.02. The molecule has 0 aliphatic heterocycles. The summed E-state index contributed by atoms with van der Waals surface area (Å²) in [4.78, 5) is 21.2. The third-order valence-electron chi connectivity index (χ3n) is 2.14. The van der Waals surface area contributed by atoms with Gasteiger partial charge in [-0.15, -0.1) is 11.3 Å². The van der Waals surface area contributed by atoms with Crippen LogP contribution in [0.1, 0.15) is 9.67 Å². The number of halogens is 1. The molecule has 84 valence electrons. The quantitative estimate of drug-likeness (QED) is 0.613. The van der Waals surface area contributed by atoms with Crippen LogP contribution in [0.5, 0.6) is 0 Å². The van der Waals surface area contributed by atoms with Gasteiger partial charge in [-0.2, -0.15) is 0 Å². The molecular weight excluding hydrogens is 248 g/mol. The average molecular weight is 257 g/mol. The maximum atomic E-state index is 11.8. The SMILES string of the molecule is CON(C)C(=O)c1cc2cc(Cl)ncc2s1. The van der Waals surface area contributed by atoms with Crippen molar-refractivity contribution in [3.05, 3.63) is 28.4 Å². The number of nitrogens with zero attached hydrogens (tertiary/aromatic N) is 2. The van der Waals surface area contributed by atoms with E-state index in [1.54, 1.807) is 25.4 Å². The summed E-state index contributed by atoms with van der Waals surface area (Å²) < 4.78 is 0.928. The van der Waals surface area contributed by atoms with Gasteiger partial charge in [0.25, 0.3) is 5.91 Å². The van der Waals surface area contributed by atoms with E-state index in [0.717, 1.165) is 10.1 Å². The highest BCUT2D eigenvalue weighted by Gasteiger charge is 2.14. The first-order chi connectivity index (χ1) is 7.61. The Balaban J connectivity index is 2.43. The Morgan fingerprint density at radius 1 is 1.56 bits per heavy atom. The van der Waals surface area contributed by atoms with Crippen molar-refractivity contribution in [1.82, 2.24) is 10.0 Å². The maximum absolute atomic E-state index is 11.8. The van der Waals surface area contributed by atoms with Crippen molar-refractivity contribution in [3.63, 3.8) is 0 Å². The second-order valence-electron chi connectivity index (χ2n) is 3.14. The fraction of sp³-hybridized carbons (Fsp3) is 0.200. The van der Waals surface area contributed by atoms with Gasteiger partial charge in [0, 0.05) is 13.2 Å². The van der Waals surface area contributed by atoms with Crippen LogP contribution >= 0.6 is 22.9 Å². The molecule has 0 atom stereocenters. The third-order valence-corrected chi connectivity index (χ3v) is 3.42. The van der Waals surface area contributed by atoms with Crippen molar-refractivity contribution in [2.75, 3.05) is 14.2 Å². The number of aromatic nitrogens is 1. The molecule has 0 unspecified atom stereocenters. The molecule has 2 aromatic rings. The van der Waals surface area contributed by atoms with Crippen LogP contribution in [-0.4, -0.2) is 30.1 Å². The van der Waals surface area contributed by atoms with E-state index in [4.69, 9.17) is 16.4 Å². The lowest BCUT2D eigenvalue weighted by Crippen LogP contribution is -2.24. The summed E-state index contributed by atoms with van der Waals surface area (Å²) in [5, 5.41) is 2.52. The molecule has 2 aromatic heterocycles. The molecule has 0 spiro atoms. The number of carbonyl (C=O) groups excluding carboxylic acids is 1. The minimum atomic E-state index is -0.181. The van der Waals surface area contributed by atoms with Crippen LogP contribution in [0.25, 0.3) is 10.1 Å². The summed E-state index contributed by atoms with van der Waals surface area (Å²) in [6, 6.07) is 3.52. The molecule has 2 rings (SSSR count). The Morgan fingerprint density at radius 3 is 3.00 bits per heavy atom. The fourth-order valence-corrected chi connectivity index (χ4v) is 2.41. The lowest BCUT2D eigenvalue weighted by molar-refractivity contribution is -0.0753. The van der Waals surface area contributed by atoms with Gasteiger partial charge < -0.3 is 0 Å². The molecule has 1 amide bonds. The van der Waals surface area contributed by atoms with E-state index < -0.39 is 0 Å². The molecule has 4 nitrogen and oxygen atoms in total. The van der Waals surface area contributed by atoms with E-state index >= 15 is 0 Å². The van der Waals surface area contributed by atoms with E-state index in [-0.39, 0.29) is 5.91 Å². The molecule has 0 bridgehead atoms. The lowest BCUT2D eigenvalue weighted by atomic mass is 10.3. The van der Waals surface area contributed by atoms with Gasteiger partial charge in [0.2, 0.25) is 0 Å². The van der Waals surface area contributed by atoms with Crippen LogP contribution in [-0.2, 0) is 4.84 Å². The van der Waals surface area contributed by atoms with Gasteiger partial charge >= 0.3 is 0 Å². The first kappa shape index (κ1) is 11.3. The smallest absolute Gasteiger partial charge is 0.274 e. The molecule has 2 heterocycles. The molecule has 0 radical (unpaired) electrons. The standard InChI is InChI=1S/C10H9ClN2O2S/c1-13(15-2)10(14)7-3-6-4-9(11)12-5-8(6)16-7/h3-5H,1-2H3. The number of amides is 1. The van der Waals surface area contributed by atoms with Gasteiger partial charge in [0.1, 0.15) is 5.15 Å². The first-order valence-corrected chi connectivity index (χ1v) is 5.68. The van der Waals surface area contributed by atoms with Crippen molar-refractivity contribution in [2.45, 2.75) is 0 Å². The van der Waals surface area contributed by atoms with E-state index in [0.29, 0.717) is 10.0 Å². The third kappa shape index (κ3) is 2.02. The summed E-state index contributed by atoms with van der Waals surface area (Å²) in [6.07, 6.45) is 1.66. The Labute approximate surface area is 101 Å². The minimum Gasteiger partial charge on any atom is -0.274 e. The molecule has 0 aliphatic rings. The molecule has 0 aromatic carbocycles. The van der Waals surface area contributed by atoms with Crippen LogP contribution in [0, 0.1) is 0 Å². The number of rotatable bonds is 2. The molecule has 0 aliphatic carbocycles. The topological polar surface area (TPSA) is 42.4 Å². The van der Waals surface area contributed by atoms with Crippen LogP contribution in [0.2, 0.25) is 5.15 Å². The average Bonchev–Trinajstić information content (AvgIpc) is 2.69. The molecule has 0 saturated heterocycles.